The molecule has 0 radical (unpaired) electrons. The molecule has 7 heteroatoms. The molecule has 3 N–H and O–H groups in total. The summed E-state index contributed by atoms with van der Waals surface area (Å²) < 4.78 is 17.1. The number of rotatable bonds is 6. The first-order valence-electron chi connectivity index (χ1n) is 7.31. The van der Waals surface area contributed by atoms with E-state index in [-0.39, 0.29) is 34.5 Å². The van der Waals surface area contributed by atoms with E-state index in [1.807, 2.05) is 0 Å². The van der Waals surface area contributed by atoms with Crippen LogP contribution in [0.2, 0.25) is 0 Å². The van der Waals surface area contributed by atoms with Crippen molar-refractivity contribution in [3.05, 3.63) is 72.8 Å². The number of para-hydroxylation sites is 6. The van der Waals surface area contributed by atoms with Gasteiger partial charge in [0.2, 0.25) is 0 Å². The Bertz CT molecular complexity index is 741. The number of benzene rings is 3. The van der Waals surface area contributed by atoms with Crippen molar-refractivity contribution in [2.75, 3.05) is 0 Å². The minimum absolute atomic E-state index is 0.0661. The minimum atomic E-state index is -3.06. The van der Waals surface area contributed by atoms with E-state index in [1.165, 1.54) is 18.2 Å². The molecule has 3 aromatic carbocycles. The summed E-state index contributed by atoms with van der Waals surface area (Å²) in [5, 5.41) is 29.7. The van der Waals surface area contributed by atoms with E-state index in [2.05, 4.69) is 0 Å². The first-order valence-corrected chi connectivity index (χ1v) is 9.61. The van der Waals surface area contributed by atoms with Gasteiger partial charge in [0.05, 0.1) is 0 Å². The van der Waals surface area contributed by atoms with Crippen molar-refractivity contribution in [1.29, 1.82) is 0 Å². The SMILES string of the molecule is Oc1ccccc1O[As](Oc1ccccc1O)Oc1ccccc1O. The number of phenols is 3. The molecule has 0 amide bonds. The Kier molecular flexibility index (Phi) is 5.21. The zero-order valence-corrected chi connectivity index (χ0v) is 14.8. The Morgan fingerprint density at radius 3 is 1.04 bits per heavy atom. The normalized spacial score (nSPS) is 10.4. The maximum atomic E-state index is 9.89. The number of phenolic OH excluding ortho intramolecular Hbond substituents is 3. The molecule has 128 valence electrons. The molecule has 25 heavy (non-hydrogen) atoms. The molecular weight excluding hydrogens is 387 g/mol. The maximum absolute atomic E-state index is 9.89. The van der Waals surface area contributed by atoms with Gasteiger partial charge in [-0.3, -0.25) is 0 Å². The summed E-state index contributed by atoms with van der Waals surface area (Å²) in [5.74, 6) is 0.367. The van der Waals surface area contributed by atoms with Gasteiger partial charge in [0, 0.05) is 0 Å². The Morgan fingerprint density at radius 1 is 0.480 bits per heavy atom. The van der Waals surface area contributed by atoms with Crippen LogP contribution >= 0.6 is 0 Å². The molecular formula is C18H15AsO6. The van der Waals surface area contributed by atoms with Gasteiger partial charge in [-0.2, -0.15) is 0 Å². The summed E-state index contributed by atoms with van der Waals surface area (Å²) in [4.78, 5) is 0. The van der Waals surface area contributed by atoms with Crippen molar-refractivity contribution >= 4 is 15.7 Å². The Morgan fingerprint density at radius 2 is 0.760 bits per heavy atom. The molecule has 0 bridgehead atoms. The summed E-state index contributed by atoms with van der Waals surface area (Å²) in [6.07, 6.45) is 0. The molecule has 3 rings (SSSR count). The summed E-state index contributed by atoms with van der Waals surface area (Å²) in [6, 6.07) is 19.2. The molecule has 0 saturated carbocycles. The topological polar surface area (TPSA) is 88.4 Å². The van der Waals surface area contributed by atoms with Gasteiger partial charge in [-0.25, -0.2) is 0 Å². The molecule has 0 saturated heterocycles. The first-order chi connectivity index (χ1) is 12.1. The van der Waals surface area contributed by atoms with Gasteiger partial charge < -0.3 is 0 Å². The van der Waals surface area contributed by atoms with Crippen molar-refractivity contribution in [2.24, 2.45) is 0 Å². The van der Waals surface area contributed by atoms with Gasteiger partial charge in [0.1, 0.15) is 0 Å². The fourth-order valence-electron chi connectivity index (χ4n) is 1.90. The Labute approximate surface area is 149 Å². The molecule has 0 aromatic heterocycles. The van der Waals surface area contributed by atoms with E-state index in [4.69, 9.17) is 11.2 Å². The van der Waals surface area contributed by atoms with Crippen LogP contribution in [-0.4, -0.2) is 31.0 Å². The van der Waals surface area contributed by atoms with E-state index in [0.29, 0.717) is 0 Å². The van der Waals surface area contributed by atoms with Crippen LogP contribution in [0.3, 0.4) is 0 Å². The van der Waals surface area contributed by atoms with E-state index in [9.17, 15) is 15.3 Å². The molecule has 6 nitrogen and oxygen atoms in total. The third-order valence-electron chi connectivity index (χ3n) is 3.11. The van der Waals surface area contributed by atoms with Gasteiger partial charge in [0.15, 0.2) is 0 Å². The molecule has 3 aromatic rings. The third kappa shape index (κ3) is 4.31. The molecule has 0 heterocycles. The van der Waals surface area contributed by atoms with Crippen LogP contribution in [0.4, 0.5) is 0 Å². The predicted octanol–water partition coefficient (Wildman–Crippen LogP) is 3.33. The van der Waals surface area contributed by atoms with Crippen LogP contribution in [-0.2, 0) is 0 Å². The van der Waals surface area contributed by atoms with Gasteiger partial charge >= 0.3 is 149 Å². The van der Waals surface area contributed by atoms with Crippen molar-refractivity contribution in [3.63, 3.8) is 0 Å². The number of hydrogen-bond acceptors (Lipinski definition) is 6. The van der Waals surface area contributed by atoms with Gasteiger partial charge in [-0.05, 0) is 0 Å². The van der Waals surface area contributed by atoms with Crippen LogP contribution in [0.25, 0.3) is 0 Å². The number of aromatic hydroxyl groups is 3. The van der Waals surface area contributed by atoms with Crippen molar-refractivity contribution in [1.82, 2.24) is 0 Å². The number of hydrogen-bond donors (Lipinski definition) is 3. The molecule has 0 aliphatic heterocycles. The fraction of sp³-hybridized carbons (Fsp3) is 0. The standard InChI is InChI=1S/C18H15AsO6/c20-13-7-1-4-10-16(13)23-19(24-17-11-5-2-8-14(17)21)25-18-12-6-3-9-15(18)22/h1-12,20-22H. The second kappa shape index (κ2) is 7.73. The van der Waals surface area contributed by atoms with Crippen LogP contribution < -0.4 is 11.2 Å². The van der Waals surface area contributed by atoms with Crippen LogP contribution in [0, 0.1) is 0 Å². The van der Waals surface area contributed by atoms with Crippen molar-refractivity contribution in [2.45, 2.75) is 0 Å². The van der Waals surface area contributed by atoms with Crippen LogP contribution in [0.5, 0.6) is 34.5 Å². The van der Waals surface area contributed by atoms with E-state index in [1.54, 1.807) is 54.6 Å². The molecule has 0 aliphatic carbocycles. The summed E-state index contributed by atoms with van der Waals surface area (Å²) in [7, 11) is 0. The zero-order chi connectivity index (χ0) is 17.6. The molecule has 0 spiro atoms. The van der Waals surface area contributed by atoms with E-state index >= 15 is 0 Å². The predicted molar refractivity (Wildman–Crippen MR) is 92.0 cm³/mol. The molecule has 0 aliphatic rings. The Balaban J connectivity index is 1.86. The van der Waals surface area contributed by atoms with Gasteiger partial charge in [-0.1, -0.05) is 0 Å². The second-order valence-corrected chi connectivity index (χ2v) is 6.99. The summed E-state index contributed by atoms with van der Waals surface area (Å²) in [6.45, 7) is 0. The van der Waals surface area contributed by atoms with Crippen LogP contribution in [0.15, 0.2) is 72.8 Å². The monoisotopic (exact) mass is 402 g/mol. The van der Waals surface area contributed by atoms with E-state index in [0.717, 1.165) is 0 Å². The Hall–Kier alpha value is -2.98. The third-order valence-corrected chi connectivity index (χ3v) is 5.29. The van der Waals surface area contributed by atoms with Crippen molar-refractivity contribution in [3.8, 4) is 34.5 Å². The average Bonchev–Trinajstić information content (AvgIpc) is 2.61. The zero-order valence-electron chi connectivity index (χ0n) is 12.9. The van der Waals surface area contributed by atoms with Crippen LogP contribution in [0.1, 0.15) is 0 Å². The molecule has 0 fully saturated rings. The fourth-order valence-corrected chi connectivity index (χ4v) is 4.12. The second-order valence-electron chi connectivity index (χ2n) is 4.90. The molecule has 0 unspecified atom stereocenters. The average molecular weight is 402 g/mol. The first kappa shape index (κ1) is 16.9. The van der Waals surface area contributed by atoms with Gasteiger partial charge in [0.25, 0.3) is 0 Å². The van der Waals surface area contributed by atoms with E-state index < -0.39 is 15.7 Å². The quantitative estimate of drug-likeness (QED) is 0.549. The van der Waals surface area contributed by atoms with Crippen molar-refractivity contribution < 1.29 is 26.5 Å². The summed E-state index contributed by atoms with van der Waals surface area (Å²) >= 11 is -3.06. The molecule has 0 atom stereocenters. The summed E-state index contributed by atoms with van der Waals surface area (Å²) in [5.41, 5.74) is 0. The van der Waals surface area contributed by atoms with Gasteiger partial charge in [-0.15, -0.1) is 0 Å².